The summed E-state index contributed by atoms with van der Waals surface area (Å²) < 4.78 is 11.1. The van der Waals surface area contributed by atoms with Crippen molar-refractivity contribution < 1.29 is 4.74 Å². The number of aromatic nitrogens is 2. The summed E-state index contributed by atoms with van der Waals surface area (Å²) in [6.45, 7) is 4.20. The van der Waals surface area contributed by atoms with E-state index >= 15 is 0 Å². The molecule has 1 aliphatic rings. The first-order valence-electron chi connectivity index (χ1n) is 15.0. The van der Waals surface area contributed by atoms with Gasteiger partial charge in [-0.1, -0.05) is 60.7 Å². The molecule has 0 unspecified atom stereocenters. The van der Waals surface area contributed by atoms with Crippen LogP contribution in [0.15, 0.2) is 140 Å². The number of benzene rings is 6. The lowest BCUT2D eigenvalue weighted by Crippen LogP contribution is -2.16. The Morgan fingerprint density at radius 3 is 1.89 bits per heavy atom. The molecule has 0 aliphatic carbocycles. The zero-order valence-corrected chi connectivity index (χ0v) is 24.5. The summed E-state index contributed by atoms with van der Waals surface area (Å²) in [5.74, 6) is 1.75. The molecular weight excluding hydrogens is 538 g/mol. The van der Waals surface area contributed by atoms with Gasteiger partial charge in [0.1, 0.15) is 0 Å². The molecule has 0 radical (unpaired) electrons. The highest BCUT2D eigenvalue weighted by atomic mass is 16.5. The monoisotopic (exact) mass is 567 g/mol. The summed E-state index contributed by atoms with van der Waals surface area (Å²) in [7, 11) is 0. The number of rotatable bonds is 3. The Kier molecular flexibility index (Phi) is 5.29. The molecule has 0 saturated heterocycles. The molecule has 3 heterocycles. The molecule has 0 amide bonds. The van der Waals surface area contributed by atoms with Crippen molar-refractivity contribution in [2.75, 3.05) is 4.90 Å². The molecule has 0 fully saturated rings. The number of ether oxygens (including phenoxy) is 1. The lowest BCUT2D eigenvalue weighted by molar-refractivity contribution is 0.476. The van der Waals surface area contributed by atoms with Gasteiger partial charge in [0.25, 0.3) is 0 Å². The van der Waals surface area contributed by atoms with Gasteiger partial charge in [0.2, 0.25) is 0 Å². The highest BCUT2D eigenvalue weighted by Gasteiger charge is 2.26. The number of para-hydroxylation sites is 2. The summed E-state index contributed by atoms with van der Waals surface area (Å²) in [5, 5.41) is 3.72. The van der Waals surface area contributed by atoms with E-state index in [1.54, 1.807) is 0 Å². The van der Waals surface area contributed by atoms with Crippen LogP contribution in [0.25, 0.3) is 44.1 Å². The third kappa shape index (κ3) is 3.64. The third-order valence-corrected chi connectivity index (χ3v) is 8.82. The smallest absolute Gasteiger partial charge is 0.151 e. The number of aryl methyl sites for hydroxylation is 2. The normalized spacial score (nSPS) is 12.5. The minimum absolute atomic E-state index is 0.875. The second kappa shape index (κ2) is 9.38. The molecule has 0 N–H and O–H groups in total. The van der Waals surface area contributed by atoms with E-state index in [1.165, 1.54) is 43.8 Å². The van der Waals surface area contributed by atoms with Crippen LogP contribution in [-0.2, 0) is 0 Å². The van der Waals surface area contributed by atoms with Crippen molar-refractivity contribution >= 4 is 49.8 Å². The molecule has 0 bridgehead atoms. The molecule has 8 aromatic rings. The van der Waals surface area contributed by atoms with E-state index in [0.29, 0.717) is 0 Å². The Bertz CT molecular complexity index is 2330. The maximum Gasteiger partial charge on any atom is 0.151 e. The van der Waals surface area contributed by atoms with Gasteiger partial charge in [-0.25, -0.2) is 0 Å². The van der Waals surface area contributed by atoms with Crippen molar-refractivity contribution in [3.63, 3.8) is 0 Å². The summed E-state index contributed by atoms with van der Waals surface area (Å²) in [4.78, 5) is 2.30. The molecule has 6 aromatic carbocycles. The van der Waals surface area contributed by atoms with Gasteiger partial charge in [0, 0.05) is 39.4 Å². The zero-order chi connectivity index (χ0) is 29.4. The van der Waals surface area contributed by atoms with Crippen LogP contribution in [0, 0.1) is 13.8 Å². The number of hydrogen-bond donors (Lipinski definition) is 0. The van der Waals surface area contributed by atoms with E-state index in [0.717, 1.165) is 39.9 Å². The van der Waals surface area contributed by atoms with Gasteiger partial charge in [-0.05, 0) is 97.8 Å². The maximum atomic E-state index is 6.39. The fourth-order valence-corrected chi connectivity index (χ4v) is 6.80. The highest BCUT2D eigenvalue weighted by Crippen LogP contribution is 2.51. The predicted octanol–water partition coefficient (Wildman–Crippen LogP) is 10.9. The predicted molar refractivity (Wildman–Crippen MR) is 182 cm³/mol. The molecule has 0 spiro atoms. The Balaban J connectivity index is 1.23. The van der Waals surface area contributed by atoms with Gasteiger partial charge < -0.3 is 18.8 Å². The van der Waals surface area contributed by atoms with Gasteiger partial charge in [0.15, 0.2) is 11.5 Å². The van der Waals surface area contributed by atoms with E-state index in [9.17, 15) is 0 Å². The Morgan fingerprint density at radius 2 is 1.16 bits per heavy atom. The summed E-state index contributed by atoms with van der Waals surface area (Å²) in [6.07, 6.45) is 2.19. The Labute approximate surface area is 255 Å². The minimum Gasteiger partial charge on any atom is -0.453 e. The molecule has 9 rings (SSSR count). The quantitative estimate of drug-likeness (QED) is 0.212. The fourth-order valence-electron chi connectivity index (χ4n) is 6.80. The third-order valence-electron chi connectivity index (χ3n) is 8.82. The van der Waals surface area contributed by atoms with Crippen molar-refractivity contribution in [3.05, 3.63) is 151 Å². The summed E-state index contributed by atoms with van der Waals surface area (Å²) in [5.41, 5.74) is 11.4. The van der Waals surface area contributed by atoms with E-state index in [1.807, 2.05) is 0 Å². The van der Waals surface area contributed by atoms with Crippen LogP contribution in [0.4, 0.5) is 17.1 Å². The van der Waals surface area contributed by atoms with E-state index in [4.69, 9.17) is 4.74 Å². The minimum atomic E-state index is 0.875. The second-order valence-electron chi connectivity index (χ2n) is 11.7. The molecule has 44 heavy (non-hydrogen) atoms. The van der Waals surface area contributed by atoms with Crippen molar-refractivity contribution in [3.8, 4) is 22.9 Å². The lowest BCUT2D eigenvalue weighted by Gasteiger charge is -2.33. The van der Waals surface area contributed by atoms with Crippen LogP contribution >= 0.6 is 0 Å². The van der Waals surface area contributed by atoms with Gasteiger partial charge in [0.05, 0.1) is 27.9 Å². The van der Waals surface area contributed by atoms with Crippen molar-refractivity contribution in [2.24, 2.45) is 0 Å². The zero-order valence-electron chi connectivity index (χ0n) is 24.5. The largest absolute Gasteiger partial charge is 0.453 e. The van der Waals surface area contributed by atoms with Crippen LogP contribution < -0.4 is 9.64 Å². The molecular formula is C40H29N3O. The standard InChI is InChI=1S/C40H29N3O/c1-26-12-20-35-37(24-26)44-38-25-27(2)13-21-36(38)42(35)31-17-15-29(16-18-31)41-23-22-28-14-19-33-32-10-6-7-11-34(32)43(40(33)39(28)41)30-8-4-3-5-9-30/h3-25H,1-2H3. The topological polar surface area (TPSA) is 22.3 Å². The molecule has 1 aliphatic heterocycles. The molecule has 2 aromatic heterocycles. The number of anilines is 3. The van der Waals surface area contributed by atoms with E-state index in [-0.39, 0.29) is 0 Å². The number of fused-ring (bicyclic) bond motifs is 7. The molecule has 210 valence electrons. The van der Waals surface area contributed by atoms with Crippen LogP contribution in [0.2, 0.25) is 0 Å². The molecule has 4 heteroatoms. The highest BCUT2D eigenvalue weighted by molar-refractivity contribution is 6.18. The van der Waals surface area contributed by atoms with Crippen molar-refractivity contribution in [1.82, 2.24) is 9.13 Å². The lowest BCUT2D eigenvalue weighted by atomic mass is 10.1. The average molecular weight is 568 g/mol. The molecule has 0 saturated carbocycles. The maximum absolute atomic E-state index is 6.39. The van der Waals surface area contributed by atoms with Gasteiger partial charge in [-0.3, -0.25) is 0 Å². The first-order valence-corrected chi connectivity index (χ1v) is 15.0. The first kappa shape index (κ1) is 24.8. The number of hydrogen-bond acceptors (Lipinski definition) is 2. The Morgan fingerprint density at radius 1 is 0.500 bits per heavy atom. The second-order valence-corrected chi connectivity index (χ2v) is 11.7. The summed E-state index contributed by atoms with van der Waals surface area (Å²) in [6, 6.07) is 47.8. The van der Waals surface area contributed by atoms with E-state index in [2.05, 4.69) is 168 Å². The average Bonchev–Trinajstić information content (AvgIpc) is 3.63. The molecule has 4 nitrogen and oxygen atoms in total. The Hall–Kier alpha value is -5.74. The SMILES string of the molecule is Cc1ccc2c(c1)Oc1cc(C)ccc1N2c1ccc(-n2ccc3ccc4c5ccccc5n(-c5ccccc5)c4c32)cc1. The fraction of sp³-hybridized carbons (Fsp3) is 0.0500. The van der Waals surface area contributed by atoms with Gasteiger partial charge >= 0.3 is 0 Å². The van der Waals surface area contributed by atoms with Crippen molar-refractivity contribution in [2.45, 2.75) is 13.8 Å². The first-order chi connectivity index (χ1) is 21.6. The van der Waals surface area contributed by atoms with Crippen LogP contribution in [-0.4, -0.2) is 9.13 Å². The molecule has 0 atom stereocenters. The van der Waals surface area contributed by atoms with Gasteiger partial charge in [-0.15, -0.1) is 0 Å². The van der Waals surface area contributed by atoms with Crippen LogP contribution in [0.5, 0.6) is 11.5 Å². The van der Waals surface area contributed by atoms with Crippen molar-refractivity contribution in [1.29, 1.82) is 0 Å². The van der Waals surface area contributed by atoms with Crippen LogP contribution in [0.3, 0.4) is 0 Å². The van der Waals surface area contributed by atoms with Crippen LogP contribution in [0.1, 0.15) is 11.1 Å². The number of nitrogens with zero attached hydrogens (tertiary/aromatic N) is 3. The van der Waals surface area contributed by atoms with Gasteiger partial charge in [-0.2, -0.15) is 0 Å². The summed E-state index contributed by atoms with van der Waals surface area (Å²) >= 11 is 0. The van der Waals surface area contributed by atoms with E-state index < -0.39 is 0 Å².